The van der Waals surface area contributed by atoms with E-state index in [9.17, 15) is 4.39 Å². The summed E-state index contributed by atoms with van der Waals surface area (Å²) in [6.45, 7) is 4.46. The van der Waals surface area contributed by atoms with E-state index in [1.807, 2.05) is 0 Å². The minimum atomic E-state index is -0.777. The van der Waals surface area contributed by atoms with Crippen molar-refractivity contribution in [1.82, 2.24) is 0 Å². The zero-order valence-electron chi connectivity index (χ0n) is 11.7. The predicted molar refractivity (Wildman–Crippen MR) is 74.7 cm³/mol. The van der Waals surface area contributed by atoms with Gasteiger partial charge in [-0.3, -0.25) is 0 Å². The van der Waals surface area contributed by atoms with Crippen LogP contribution in [0.4, 0.5) is 4.39 Å². The summed E-state index contributed by atoms with van der Waals surface area (Å²) >= 11 is 6.60. The van der Waals surface area contributed by atoms with Gasteiger partial charge in [-0.1, -0.05) is 26.7 Å². The molecule has 0 nitrogen and oxygen atoms in total. The van der Waals surface area contributed by atoms with Crippen LogP contribution in [-0.4, -0.2) is 11.5 Å². The quantitative estimate of drug-likeness (QED) is 0.565. The van der Waals surface area contributed by atoms with Crippen LogP contribution in [0.15, 0.2) is 0 Å². The van der Waals surface area contributed by atoms with Gasteiger partial charge in [-0.25, -0.2) is 4.39 Å². The first-order valence-corrected chi connectivity index (χ1v) is 8.20. The number of hydrogen-bond donors (Lipinski definition) is 0. The largest absolute Gasteiger partial charge is 0.245 e. The minimum absolute atomic E-state index is 0.115. The standard InChI is InChI=1S/C16H26ClF/c1-11-3-5-12(6-4-11)16-9-7-15(2,8-10-16)14(18)13(16)17/h11-14H,3-10H2,1-2H3. The van der Waals surface area contributed by atoms with Gasteiger partial charge in [-0.05, 0) is 55.8 Å². The zero-order valence-corrected chi connectivity index (χ0v) is 12.5. The summed E-state index contributed by atoms with van der Waals surface area (Å²) in [6, 6.07) is 0. The molecule has 0 saturated heterocycles. The third-order valence-corrected chi connectivity index (χ3v) is 7.28. The molecule has 0 spiro atoms. The van der Waals surface area contributed by atoms with Crippen molar-refractivity contribution in [1.29, 1.82) is 0 Å². The van der Waals surface area contributed by atoms with E-state index in [0.29, 0.717) is 5.92 Å². The Labute approximate surface area is 116 Å². The second kappa shape index (κ2) is 4.36. The van der Waals surface area contributed by atoms with E-state index in [1.165, 1.54) is 38.5 Å². The normalized spacial score (nSPS) is 56.7. The fourth-order valence-corrected chi connectivity index (χ4v) is 5.65. The first-order chi connectivity index (χ1) is 8.48. The lowest BCUT2D eigenvalue weighted by molar-refractivity contribution is -0.0998. The van der Waals surface area contributed by atoms with Gasteiger partial charge >= 0.3 is 0 Å². The minimum Gasteiger partial charge on any atom is -0.245 e. The van der Waals surface area contributed by atoms with Crippen LogP contribution < -0.4 is 0 Å². The average molecular weight is 273 g/mol. The fraction of sp³-hybridized carbons (Fsp3) is 1.00. The summed E-state index contributed by atoms with van der Waals surface area (Å²) in [5, 5.41) is -0.219. The van der Waals surface area contributed by atoms with E-state index in [1.54, 1.807) is 0 Å². The van der Waals surface area contributed by atoms with Crippen molar-refractivity contribution in [3.8, 4) is 0 Å². The number of alkyl halides is 2. The lowest BCUT2D eigenvalue weighted by Gasteiger charge is -2.60. The van der Waals surface area contributed by atoms with Gasteiger partial charge in [0.2, 0.25) is 0 Å². The van der Waals surface area contributed by atoms with Gasteiger partial charge in [0.05, 0.1) is 5.38 Å². The molecule has 2 bridgehead atoms. The van der Waals surface area contributed by atoms with Gasteiger partial charge in [0, 0.05) is 5.41 Å². The molecular formula is C16H26ClF. The molecule has 2 atom stereocenters. The van der Waals surface area contributed by atoms with Crippen LogP contribution in [0, 0.1) is 22.7 Å². The van der Waals surface area contributed by atoms with Crippen molar-refractivity contribution in [2.45, 2.75) is 76.8 Å². The maximum Gasteiger partial charge on any atom is 0.122 e. The van der Waals surface area contributed by atoms with Crippen LogP contribution in [0.2, 0.25) is 0 Å². The lowest BCUT2D eigenvalue weighted by atomic mass is 9.48. The van der Waals surface area contributed by atoms with Crippen LogP contribution in [0.1, 0.15) is 65.2 Å². The molecule has 2 unspecified atom stereocenters. The number of hydrogen-bond acceptors (Lipinski definition) is 0. The van der Waals surface area contributed by atoms with Crippen molar-refractivity contribution >= 4 is 11.6 Å². The Morgan fingerprint density at radius 2 is 1.56 bits per heavy atom. The Morgan fingerprint density at radius 3 is 2.11 bits per heavy atom. The molecule has 0 amide bonds. The molecule has 4 saturated carbocycles. The Balaban J connectivity index is 1.82. The molecule has 104 valence electrons. The van der Waals surface area contributed by atoms with Crippen LogP contribution in [0.3, 0.4) is 0 Å². The second-order valence-electron chi connectivity index (χ2n) is 7.65. The smallest absolute Gasteiger partial charge is 0.122 e. The highest BCUT2D eigenvalue weighted by atomic mass is 35.5. The van der Waals surface area contributed by atoms with Gasteiger partial charge < -0.3 is 0 Å². The third-order valence-electron chi connectivity index (χ3n) is 6.62. The third kappa shape index (κ3) is 1.76. The molecule has 0 aromatic heterocycles. The molecular weight excluding hydrogens is 247 g/mol. The summed E-state index contributed by atoms with van der Waals surface area (Å²) in [4.78, 5) is 0. The molecule has 18 heavy (non-hydrogen) atoms. The van der Waals surface area contributed by atoms with Crippen LogP contribution in [0.25, 0.3) is 0 Å². The maximum absolute atomic E-state index is 14.6. The lowest BCUT2D eigenvalue weighted by Crippen LogP contribution is -2.59. The summed E-state index contributed by atoms with van der Waals surface area (Å²) in [6.07, 6.45) is 8.91. The van der Waals surface area contributed by atoms with Crippen molar-refractivity contribution in [3.63, 3.8) is 0 Å². The highest BCUT2D eigenvalue weighted by Crippen LogP contribution is 2.64. The molecule has 0 heterocycles. The molecule has 0 N–H and O–H groups in total. The molecule has 0 aromatic rings. The van der Waals surface area contributed by atoms with Gasteiger partial charge in [0.25, 0.3) is 0 Å². The summed E-state index contributed by atoms with van der Waals surface area (Å²) < 4.78 is 14.6. The van der Waals surface area contributed by atoms with Crippen LogP contribution >= 0.6 is 11.6 Å². The average Bonchev–Trinajstić information content (AvgIpc) is 2.38. The first kappa shape index (κ1) is 13.2. The molecule has 4 aliphatic rings. The molecule has 4 aliphatic carbocycles. The van der Waals surface area contributed by atoms with Crippen molar-refractivity contribution in [2.75, 3.05) is 0 Å². The van der Waals surface area contributed by atoms with Gasteiger partial charge in [0.15, 0.2) is 0 Å². The molecule has 2 heteroatoms. The second-order valence-corrected chi connectivity index (χ2v) is 8.12. The number of halogens is 2. The highest BCUT2D eigenvalue weighted by Gasteiger charge is 2.60. The van der Waals surface area contributed by atoms with Crippen LogP contribution in [-0.2, 0) is 0 Å². The van der Waals surface area contributed by atoms with Gasteiger partial charge in [-0.15, -0.1) is 11.6 Å². The topological polar surface area (TPSA) is 0 Å². The Kier molecular flexibility index (Phi) is 3.20. The Morgan fingerprint density at radius 1 is 1.00 bits per heavy atom. The van der Waals surface area contributed by atoms with E-state index in [2.05, 4.69) is 13.8 Å². The van der Waals surface area contributed by atoms with Crippen LogP contribution in [0.5, 0.6) is 0 Å². The van der Waals surface area contributed by atoms with E-state index in [0.717, 1.165) is 18.8 Å². The van der Waals surface area contributed by atoms with E-state index < -0.39 is 6.17 Å². The molecule has 0 aromatic carbocycles. The summed E-state index contributed by atoms with van der Waals surface area (Å²) in [5.41, 5.74) is 0.0228. The SMILES string of the molecule is CC1CCC(C23CCC(C)(CC2)C(F)C3Cl)CC1. The fourth-order valence-electron chi connectivity index (χ4n) is 4.95. The molecule has 0 radical (unpaired) electrons. The van der Waals surface area contributed by atoms with Crippen molar-refractivity contribution < 1.29 is 4.39 Å². The predicted octanol–water partition coefficient (Wildman–Crippen LogP) is 5.34. The van der Waals surface area contributed by atoms with E-state index >= 15 is 0 Å². The number of fused-ring (bicyclic) bond motifs is 3. The van der Waals surface area contributed by atoms with E-state index in [-0.39, 0.29) is 16.2 Å². The Hall–Kier alpha value is 0.220. The summed E-state index contributed by atoms with van der Waals surface area (Å²) in [5.74, 6) is 1.56. The van der Waals surface area contributed by atoms with Crippen molar-refractivity contribution in [2.24, 2.45) is 22.7 Å². The molecule has 4 fully saturated rings. The maximum atomic E-state index is 14.6. The molecule has 4 rings (SSSR count). The first-order valence-electron chi connectivity index (χ1n) is 7.76. The van der Waals surface area contributed by atoms with Gasteiger partial charge in [-0.2, -0.15) is 0 Å². The molecule has 0 aliphatic heterocycles. The monoisotopic (exact) mass is 272 g/mol. The Bertz CT molecular complexity index is 311. The zero-order chi connectivity index (χ0) is 13.0. The van der Waals surface area contributed by atoms with Gasteiger partial charge in [0.1, 0.15) is 6.17 Å². The number of rotatable bonds is 1. The highest BCUT2D eigenvalue weighted by molar-refractivity contribution is 6.21. The summed E-state index contributed by atoms with van der Waals surface area (Å²) in [7, 11) is 0. The van der Waals surface area contributed by atoms with E-state index in [4.69, 9.17) is 11.6 Å². The van der Waals surface area contributed by atoms with Crippen molar-refractivity contribution in [3.05, 3.63) is 0 Å².